The van der Waals surface area contributed by atoms with Crippen molar-refractivity contribution in [2.24, 2.45) is 5.73 Å². The van der Waals surface area contributed by atoms with Gasteiger partial charge < -0.3 is 26.4 Å². The number of hydrogen-bond donors (Lipinski definition) is 4. The first-order valence-corrected chi connectivity index (χ1v) is 9.47. The van der Waals surface area contributed by atoms with Gasteiger partial charge in [-0.2, -0.15) is 0 Å². The molecule has 0 unspecified atom stereocenters. The third-order valence-corrected chi connectivity index (χ3v) is 4.65. The number of amides is 3. The summed E-state index contributed by atoms with van der Waals surface area (Å²) < 4.78 is 4.78. The third kappa shape index (κ3) is 4.78. The van der Waals surface area contributed by atoms with Crippen LogP contribution >= 0.6 is 0 Å². The lowest BCUT2D eigenvalue weighted by atomic mass is 10.1. The molecule has 0 atom stereocenters. The molecule has 4 rings (SSSR count). The summed E-state index contributed by atoms with van der Waals surface area (Å²) >= 11 is 0. The molecule has 0 spiro atoms. The highest BCUT2D eigenvalue weighted by Crippen LogP contribution is 2.27. The van der Waals surface area contributed by atoms with Gasteiger partial charge in [0, 0.05) is 35.9 Å². The number of nitrogens with two attached hydrogens (primary N) is 1. The molecule has 0 saturated carbocycles. The molecule has 0 saturated heterocycles. The second kappa shape index (κ2) is 8.54. The number of ether oxygens (including phenoxy) is 1. The Morgan fingerprint density at radius 1 is 1.13 bits per heavy atom. The Kier molecular flexibility index (Phi) is 5.48. The molecule has 156 valence electrons. The topological polar surface area (TPSA) is 135 Å². The summed E-state index contributed by atoms with van der Waals surface area (Å²) in [6, 6.07) is 15.7. The molecule has 5 N–H and O–H groups in total. The van der Waals surface area contributed by atoms with Crippen LogP contribution in [0.4, 0.5) is 21.9 Å². The molecule has 9 heteroatoms. The van der Waals surface area contributed by atoms with Crippen LogP contribution in [-0.4, -0.2) is 22.9 Å². The van der Waals surface area contributed by atoms with Gasteiger partial charge in [-0.15, -0.1) is 0 Å². The number of rotatable bonds is 6. The minimum absolute atomic E-state index is 0.0616. The van der Waals surface area contributed by atoms with E-state index in [2.05, 4.69) is 20.9 Å². The van der Waals surface area contributed by atoms with Gasteiger partial charge in [0.25, 0.3) is 5.91 Å². The zero-order valence-corrected chi connectivity index (χ0v) is 16.3. The van der Waals surface area contributed by atoms with Crippen LogP contribution in [0.3, 0.4) is 0 Å². The quantitative estimate of drug-likeness (QED) is 0.487. The number of anilines is 3. The molecule has 1 aliphatic rings. The largest absolute Gasteiger partial charge is 0.411 e. The lowest BCUT2D eigenvalue weighted by Crippen LogP contribution is -2.17. The first-order valence-electron chi connectivity index (χ1n) is 9.47. The van der Waals surface area contributed by atoms with E-state index >= 15 is 0 Å². The van der Waals surface area contributed by atoms with Gasteiger partial charge in [-0.1, -0.05) is 12.1 Å². The minimum atomic E-state index is -0.939. The van der Waals surface area contributed by atoms with Crippen molar-refractivity contribution in [3.63, 3.8) is 0 Å². The number of carbonyl (C=O) groups is 3. The fourth-order valence-electron chi connectivity index (χ4n) is 3.26. The Bertz CT molecular complexity index is 1180. The predicted molar refractivity (Wildman–Crippen MR) is 115 cm³/mol. The summed E-state index contributed by atoms with van der Waals surface area (Å²) in [6.45, 7) is 0.370. The number of para-hydroxylation sites is 1. The first kappa shape index (κ1) is 19.9. The zero-order chi connectivity index (χ0) is 21.8. The predicted octanol–water partition coefficient (Wildman–Crippen LogP) is 2.90. The van der Waals surface area contributed by atoms with Crippen molar-refractivity contribution >= 4 is 35.0 Å². The number of hydrogen-bond acceptors (Lipinski definition) is 6. The Balaban J connectivity index is 1.46. The minimum Gasteiger partial charge on any atom is -0.391 e. The van der Waals surface area contributed by atoms with Crippen LogP contribution in [0.2, 0.25) is 0 Å². The van der Waals surface area contributed by atoms with E-state index in [0.29, 0.717) is 29.9 Å². The molecule has 2 aromatic carbocycles. The van der Waals surface area contributed by atoms with Crippen molar-refractivity contribution in [3.05, 3.63) is 77.5 Å². The van der Waals surface area contributed by atoms with Crippen LogP contribution in [0, 0.1) is 0 Å². The molecule has 3 aromatic rings. The molecule has 9 nitrogen and oxygen atoms in total. The van der Waals surface area contributed by atoms with Crippen molar-refractivity contribution in [2.75, 3.05) is 16.0 Å². The van der Waals surface area contributed by atoms with E-state index in [1.165, 1.54) is 6.20 Å². The van der Waals surface area contributed by atoms with E-state index in [0.717, 1.165) is 16.8 Å². The van der Waals surface area contributed by atoms with E-state index in [1.807, 2.05) is 6.07 Å². The Hall–Kier alpha value is -4.40. The molecule has 1 aliphatic heterocycles. The standard InChI is InChI=1S/C22H19N5O4/c23-22(30)31-20-9-13(7-8-24-20)12-25-18-4-2-1-3-16(18)21(29)26-15-5-6-17-14(10-15)11-19(28)27-17/h1-10,25H,11-12H2,(H2,23,30)(H,26,29)(H,27,28). The summed E-state index contributed by atoms with van der Waals surface area (Å²) in [6.07, 6.45) is 0.859. The van der Waals surface area contributed by atoms with E-state index < -0.39 is 6.09 Å². The number of carbonyl (C=O) groups excluding carboxylic acids is 3. The number of aromatic nitrogens is 1. The summed E-state index contributed by atoms with van der Waals surface area (Å²) in [5.41, 5.74) is 9.11. The first-order chi connectivity index (χ1) is 15.0. The second-order valence-electron chi connectivity index (χ2n) is 6.87. The van der Waals surface area contributed by atoms with Crippen LogP contribution in [0.5, 0.6) is 5.88 Å². The van der Waals surface area contributed by atoms with E-state index in [4.69, 9.17) is 10.5 Å². The Labute approximate surface area is 177 Å². The molecule has 0 aliphatic carbocycles. The second-order valence-corrected chi connectivity index (χ2v) is 6.87. The molecule has 0 fully saturated rings. The monoisotopic (exact) mass is 417 g/mol. The van der Waals surface area contributed by atoms with Gasteiger partial charge in [0.2, 0.25) is 11.8 Å². The van der Waals surface area contributed by atoms with Gasteiger partial charge >= 0.3 is 6.09 Å². The van der Waals surface area contributed by atoms with E-state index in [-0.39, 0.29) is 17.7 Å². The maximum atomic E-state index is 12.9. The van der Waals surface area contributed by atoms with Crippen LogP contribution in [0.25, 0.3) is 0 Å². The van der Waals surface area contributed by atoms with Gasteiger partial charge in [0.05, 0.1) is 12.0 Å². The lowest BCUT2D eigenvalue weighted by Gasteiger charge is -2.13. The lowest BCUT2D eigenvalue weighted by molar-refractivity contribution is -0.115. The maximum absolute atomic E-state index is 12.9. The smallest absolute Gasteiger partial charge is 0.391 e. The molecule has 0 bridgehead atoms. The van der Waals surface area contributed by atoms with Gasteiger partial charge in [0.1, 0.15) is 0 Å². The number of pyridine rings is 1. The fourth-order valence-corrected chi connectivity index (χ4v) is 3.26. The zero-order valence-electron chi connectivity index (χ0n) is 16.3. The van der Waals surface area contributed by atoms with Crippen molar-refractivity contribution in [2.45, 2.75) is 13.0 Å². The van der Waals surface area contributed by atoms with Crippen molar-refractivity contribution < 1.29 is 19.1 Å². The SMILES string of the molecule is NC(=O)Oc1cc(CNc2ccccc2C(=O)Nc2ccc3c(c2)CC(=O)N3)ccn1. The fraction of sp³-hybridized carbons (Fsp3) is 0.0909. The van der Waals surface area contributed by atoms with Crippen LogP contribution in [0.1, 0.15) is 21.5 Å². The molecule has 0 radical (unpaired) electrons. The van der Waals surface area contributed by atoms with Crippen molar-refractivity contribution in [1.82, 2.24) is 4.98 Å². The van der Waals surface area contributed by atoms with Crippen LogP contribution in [-0.2, 0) is 17.8 Å². The average Bonchev–Trinajstić information content (AvgIpc) is 3.11. The normalized spacial score (nSPS) is 11.9. The van der Waals surface area contributed by atoms with Gasteiger partial charge in [-0.25, -0.2) is 9.78 Å². The van der Waals surface area contributed by atoms with Crippen molar-refractivity contribution in [1.29, 1.82) is 0 Å². The highest BCUT2D eigenvalue weighted by Gasteiger charge is 2.18. The van der Waals surface area contributed by atoms with Gasteiger partial charge in [-0.05, 0) is 47.5 Å². The van der Waals surface area contributed by atoms with Crippen LogP contribution < -0.4 is 26.4 Å². The summed E-state index contributed by atoms with van der Waals surface area (Å²) in [4.78, 5) is 39.2. The summed E-state index contributed by atoms with van der Waals surface area (Å²) in [5, 5.41) is 8.85. The van der Waals surface area contributed by atoms with Gasteiger partial charge in [-0.3, -0.25) is 9.59 Å². The molecule has 1 aromatic heterocycles. The number of primary amides is 1. The Morgan fingerprint density at radius 3 is 2.81 bits per heavy atom. The van der Waals surface area contributed by atoms with Crippen LogP contribution in [0.15, 0.2) is 60.8 Å². The highest BCUT2D eigenvalue weighted by atomic mass is 16.6. The number of fused-ring (bicyclic) bond motifs is 1. The average molecular weight is 417 g/mol. The number of nitrogens with zero attached hydrogens (tertiary/aromatic N) is 1. The Morgan fingerprint density at radius 2 is 1.97 bits per heavy atom. The molecule has 3 amide bonds. The summed E-state index contributed by atoms with van der Waals surface area (Å²) in [5.74, 6) is -0.247. The van der Waals surface area contributed by atoms with Crippen molar-refractivity contribution in [3.8, 4) is 5.88 Å². The maximum Gasteiger partial charge on any atom is 0.411 e. The molecular formula is C22H19N5O4. The summed E-state index contributed by atoms with van der Waals surface area (Å²) in [7, 11) is 0. The number of benzene rings is 2. The third-order valence-electron chi connectivity index (χ3n) is 4.65. The highest BCUT2D eigenvalue weighted by molar-refractivity contribution is 6.08. The molecule has 31 heavy (non-hydrogen) atoms. The van der Waals surface area contributed by atoms with E-state index in [9.17, 15) is 14.4 Å². The molecule has 2 heterocycles. The number of nitrogens with one attached hydrogen (secondary N) is 3. The van der Waals surface area contributed by atoms with Gasteiger partial charge in [0.15, 0.2) is 0 Å². The molecular weight excluding hydrogens is 398 g/mol. The van der Waals surface area contributed by atoms with E-state index in [1.54, 1.807) is 48.5 Å².